The number of nitrogens with zero attached hydrogens (tertiary/aromatic N) is 2. The highest BCUT2D eigenvalue weighted by Crippen LogP contribution is 2.31. The van der Waals surface area contributed by atoms with Crippen molar-refractivity contribution in [2.24, 2.45) is 10.7 Å². The van der Waals surface area contributed by atoms with Crippen molar-refractivity contribution in [2.75, 3.05) is 13.2 Å². The molecule has 2 fully saturated rings. The van der Waals surface area contributed by atoms with Gasteiger partial charge in [0.2, 0.25) is 0 Å². The Morgan fingerprint density at radius 3 is 2.82 bits per heavy atom. The van der Waals surface area contributed by atoms with Crippen LogP contribution in [0.4, 0.5) is 5.69 Å². The number of aliphatic hydroxyl groups is 1. The maximum absolute atomic E-state index is 9.69. The van der Waals surface area contributed by atoms with Gasteiger partial charge in [0.15, 0.2) is 0 Å². The van der Waals surface area contributed by atoms with Gasteiger partial charge in [-0.2, -0.15) is 0 Å². The zero-order chi connectivity index (χ0) is 19.3. The minimum absolute atomic E-state index is 0.203. The van der Waals surface area contributed by atoms with Gasteiger partial charge < -0.3 is 15.6 Å². The second kappa shape index (κ2) is 9.07. The van der Waals surface area contributed by atoms with E-state index < -0.39 is 0 Å². The summed E-state index contributed by atoms with van der Waals surface area (Å²) in [6.45, 7) is 1.96. The van der Waals surface area contributed by atoms with Crippen molar-refractivity contribution in [1.29, 1.82) is 0 Å². The predicted octanol–water partition coefficient (Wildman–Crippen LogP) is 4.06. The largest absolute Gasteiger partial charge is 0.490 e. The molecule has 1 atom stereocenters. The average molecular weight is 400 g/mol. The molecule has 1 aromatic carbocycles. The second-order valence-electron chi connectivity index (χ2n) is 7.74. The third-order valence-corrected chi connectivity index (χ3v) is 6.65. The molecule has 5 nitrogen and oxygen atoms in total. The lowest BCUT2D eigenvalue weighted by Gasteiger charge is -2.24. The van der Waals surface area contributed by atoms with Crippen LogP contribution in [0.15, 0.2) is 40.7 Å². The van der Waals surface area contributed by atoms with Gasteiger partial charge in [0, 0.05) is 12.6 Å². The molecule has 0 radical (unpaired) electrons. The van der Waals surface area contributed by atoms with E-state index in [1.807, 2.05) is 29.6 Å². The molecule has 1 aromatic heterocycles. The Labute approximate surface area is 170 Å². The van der Waals surface area contributed by atoms with Gasteiger partial charge in [0.1, 0.15) is 11.6 Å². The van der Waals surface area contributed by atoms with Crippen LogP contribution in [0, 0.1) is 0 Å². The van der Waals surface area contributed by atoms with E-state index in [0.717, 1.165) is 60.7 Å². The molecular formula is C22H29N3O2S. The van der Waals surface area contributed by atoms with Crippen molar-refractivity contribution in [3.63, 3.8) is 0 Å². The van der Waals surface area contributed by atoms with E-state index in [9.17, 15) is 5.11 Å². The summed E-state index contributed by atoms with van der Waals surface area (Å²) < 4.78 is 6.22. The van der Waals surface area contributed by atoms with E-state index in [1.54, 1.807) is 11.3 Å². The monoisotopic (exact) mass is 399 g/mol. The van der Waals surface area contributed by atoms with Crippen LogP contribution in [0.3, 0.4) is 0 Å². The Morgan fingerprint density at radius 1 is 1.21 bits per heavy atom. The molecule has 2 aliphatic rings. The van der Waals surface area contributed by atoms with Crippen LogP contribution in [0.2, 0.25) is 0 Å². The molecule has 0 amide bonds. The quantitative estimate of drug-likeness (QED) is 0.544. The highest BCUT2D eigenvalue weighted by atomic mass is 32.1. The molecule has 1 saturated carbocycles. The van der Waals surface area contributed by atoms with Gasteiger partial charge in [-0.3, -0.25) is 4.90 Å². The minimum Gasteiger partial charge on any atom is -0.490 e. The zero-order valence-corrected chi connectivity index (χ0v) is 17.0. The Bertz CT molecular complexity index is 800. The van der Waals surface area contributed by atoms with E-state index in [1.165, 1.54) is 12.8 Å². The first kappa shape index (κ1) is 19.4. The molecule has 0 spiro atoms. The first-order valence-electron chi connectivity index (χ1n) is 10.3. The van der Waals surface area contributed by atoms with Gasteiger partial charge in [-0.05, 0) is 80.3 Å². The number of hydrogen-bond acceptors (Lipinski definition) is 5. The molecule has 3 N–H and O–H groups in total. The summed E-state index contributed by atoms with van der Waals surface area (Å²) in [5.41, 5.74) is 8.24. The molecule has 0 unspecified atom stereocenters. The maximum atomic E-state index is 9.69. The number of benzene rings is 1. The fourth-order valence-corrected chi connectivity index (χ4v) is 4.83. The summed E-state index contributed by atoms with van der Waals surface area (Å²) in [7, 11) is 0. The minimum atomic E-state index is 0.203. The maximum Gasteiger partial charge on any atom is 0.141 e. The summed E-state index contributed by atoms with van der Waals surface area (Å²) >= 11 is 1.59. The van der Waals surface area contributed by atoms with Gasteiger partial charge in [-0.25, -0.2) is 4.99 Å². The van der Waals surface area contributed by atoms with Crippen LogP contribution in [0.5, 0.6) is 5.75 Å². The number of amidine groups is 1. The van der Waals surface area contributed by atoms with E-state index in [0.29, 0.717) is 11.9 Å². The van der Waals surface area contributed by atoms with Gasteiger partial charge in [0.05, 0.1) is 23.3 Å². The smallest absolute Gasteiger partial charge is 0.141 e. The molecule has 28 heavy (non-hydrogen) atoms. The average Bonchev–Trinajstić information content (AvgIpc) is 3.46. The van der Waals surface area contributed by atoms with Gasteiger partial charge in [0.25, 0.3) is 0 Å². The van der Waals surface area contributed by atoms with E-state index in [4.69, 9.17) is 15.5 Å². The predicted molar refractivity (Wildman–Crippen MR) is 115 cm³/mol. The fourth-order valence-electron chi connectivity index (χ4n) is 4.21. The molecule has 2 heterocycles. The lowest BCUT2D eigenvalue weighted by molar-refractivity contribution is 0.153. The first-order chi connectivity index (χ1) is 13.7. The van der Waals surface area contributed by atoms with E-state index in [2.05, 4.69) is 11.0 Å². The van der Waals surface area contributed by atoms with E-state index in [-0.39, 0.29) is 12.6 Å². The van der Waals surface area contributed by atoms with Crippen LogP contribution in [-0.4, -0.2) is 41.1 Å². The number of rotatable bonds is 7. The van der Waals surface area contributed by atoms with Gasteiger partial charge >= 0.3 is 0 Å². The number of thiophene rings is 1. The van der Waals surface area contributed by atoms with Crippen LogP contribution in [0.25, 0.3) is 0 Å². The Kier molecular flexibility index (Phi) is 6.29. The summed E-state index contributed by atoms with van der Waals surface area (Å²) in [6.07, 6.45) is 7.28. The standard InChI is InChI=1S/C22H29N3O2S/c23-22(21-8-4-12-28-21)24-20-10-9-19(27-18-6-1-2-7-18)13-16(20)14-25-11-3-5-17(25)15-26/h4,8-10,12-13,17-18,26H,1-3,5-7,11,14-15H2,(H2,23,24)/t17-/m1/s1. The van der Waals surface area contributed by atoms with Crippen LogP contribution in [0.1, 0.15) is 49.0 Å². The first-order valence-corrected chi connectivity index (χ1v) is 11.1. The summed E-state index contributed by atoms with van der Waals surface area (Å²) in [4.78, 5) is 8.05. The summed E-state index contributed by atoms with van der Waals surface area (Å²) in [5.74, 6) is 1.45. The molecule has 6 heteroatoms. The molecule has 1 aliphatic heterocycles. The molecule has 1 saturated heterocycles. The lowest BCUT2D eigenvalue weighted by Crippen LogP contribution is -2.31. The van der Waals surface area contributed by atoms with Crippen LogP contribution in [-0.2, 0) is 6.54 Å². The highest BCUT2D eigenvalue weighted by Gasteiger charge is 2.25. The van der Waals surface area contributed by atoms with Crippen LogP contribution >= 0.6 is 11.3 Å². The SMILES string of the molecule is NC(=Nc1ccc(OC2CCCC2)cc1CN1CCC[C@@H]1CO)c1cccs1. The molecule has 2 aromatic rings. The van der Waals surface area contributed by atoms with Gasteiger partial charge in [-0.1, -0.05) is 6.07 Å². The molecule has 4 rings (SSSR count). The molecule has 0 bridgehead atoms. The second-order valence-corrected chi connectivity index (χ2v) is 8.69. The molecule has 150 valence electrons. The number of likely N-dealkylation sites (tertiary alicyclic amines) is 1. The van der Waals surface area contributed by atoms with Crippen molar-refractivity contribution >= 4 is 22.9 Å². The zero-order valence-electron chi connectivity index (χ0n) is 16.2. The normalized spacial score (nSPS) is 21.5. The van der Waals surface area contributed by atoms with Crippen molar-refractivity contribution in [3.8, 4) is 5.75 Å². The number of ether oxygens (including phenoxy) is 1. The molecule has 1 aliphatic carbocycles. The number of aliphatic imine (C=N–C) groups is 1. The summed E-state index contributed by atoms with van der Waals surface area (Å²) in [5, 5.41) is 11.7. The summed E-state index contributed by atoms with van der Waals surface area (Å²) in [6, 6.07) is 10.3. The Morgan fingerprint density at radius 2 is 2.07 bits per heavy atom. The highest BCUT2D eigenvalue weighted by molar-refractivity contribution is 7.12. The van der Waals surface area contributed by atoms with Crippen LogP contribution < -0.4 is 10.5 Å². The Balaban J connectivity index is 1.60. The van der Waals surface area contributed by atoms with Crippen molar-refractivity contribution < 1.29 is 9.84 Å². The fraction of sp³-hybridized carbons (Fsp3) is 0.500. The third kappa shape index (κ3) is 4.57. The van der Waals surface area contributed by atoms with Crippen molar-refractivity contribution in [1.82, 2.24) is 4.90 Å². The third-order valence-electron chi connectivity index (χ3n) is 5.75. The molecular weight excluding hydrogens is 370 g/mol. The van der Waals surface area contributed by atoms with Crippen molar-refractivity contribution in [2.45, 2.75) is 57.2 Å². The number of nitrogens with two attached hydrogens (primary N) is 1. The number of aliphatic hydroxyl groups excluding tert-OH is 1. The van der Waals surface area contributed by atoms with Gasteiger partial charge in [-0.15, -0.1) is 11.3 Å². The number of hydrogen-bond donors (Lipinski definition) is 2. The topological polar surface area (TPSA) is 71.1 Å². The Hall–Kier alpha value is -1.89. The lowest BCUT2D eigenvalue weighted by atomic mass is 10.1. The van der Waals surface area contributed by atoms with Crippen molar-refractivity contribution in [3.05, 3.63) is 46.2 Å². The van der Waals surface area contributed by atoms with E-state index >= 15 is 0 Å².